The lowest BCUT2D eigenvalue weighted by atomic mass is 10.0. The number of oxime groups is 1. The van der Waals surface area contributed by atoms with Crippen molar-refractivity contribution in [3.8, 4) is 0 Å². The van der Waals surface area contributed by atoms with Gasteiger partial charge in [0.25, 0.3) is 5.91 Å². The van der Waals surface area contributed by atoms with Crippen molar-refractivity contribution in [3.63, 3.8) is 0 Å². The highest BCUT2D eigenvalue weighted by Crippen LogP contribution is 2.28. The molecular weight excluding hydrogens is 326 g/mol. The Kier molecular flexibility index (Phi) is 4.86. The number of nitrogens with zero attached hydrogens (tertiary/aromatic N) is 2. The largest absolute Gasteiger partial charge is 0.387 e. The van der Waals surface area contributed by atoms with Crippen LogP contribution < -0.4 is 5.32 Å². The molecular formula is C21H23N3O2. The molecule has 0 bridgehead atoms. The molecule has 0 aliphatic carbocycles. The van der Waals surface area contributed by atoms with Crippen LogP contribution in [0.5, 0.6) is 0 Å². The van der Waals surface area contributed by atoms with Crippen LogP contribution in [-0.4, -0.2) is 35.7 Å². The maximum Gasteiger partial charge on any atom is 0.271 e. The van der Waals surface area contributed by atoms with E-state index in [1.165, 1.54) is 0 Å². The fraction of sp³-hybridized carbons (Fsp3) is 0.333. The Bertz CT molecular complexity index is 768. The first-order chi connectivity index (χ1) is 12.8. The highest BCUT2D eigenvalue weighted by molar-refractivity contribution is 6.39. The van der Waals surface area contributed by atoms with Crippen molar-refractivity contribution in [1.82, 2.24) is 4.90 Å². The molecule has 1 N–H and O–H groups in total. The standard InChI is InChI=1S/C21H23N3O2/c25-21(19-15-20(26-23-19)16-7-3-1-4-8-16)24-13-11-18(12-14-24)22-17-9-5-2-6-10-17/h1-10,18,20,22H,11-15H2/t20-/m1/s1. The molecule has 134 valence electrons. The summed E-state index contributed by atoms with van der Waals surface area (Å²) in [5.41, 5.74) is 2.73. The first kappa shape index (κ1) is 16.6. The molecule has 1 atom stereocenters. The van der Waals surface area contributed by atoms with E-state index in [0.717, 1.165) is 37.2 Å². The summed E-state index contributed by atoms with van der Waals surface area (Å²) in [6.45, 7) is 1.50. The van der Waals surface area contributed by atoms with Gasteiger partial charge in [0.05, 0.1) is 0 Å². The Morgan fingerprint density at radius 2 is 1.65 bits per heavy atom. The molecule has 5 heteroatoms. The van der Waals surface area contributed by atoms with Gasteiger partial charge in [0, 0.05) is 31.2 Å². The number of hydrogen-bond donors (Lipinski definition) is 1. The molecule has 26 heavy (non-hydrogen) atoms. The number of hydrogen-bond acceptors (Lipinski definition) is 4. The zero-order valence-electron chi connectivity index (χ0n) is 14.7. The molecule has 1 amide bonds. The molecule has 2 aliphatic heterocycles. The number of benzene rings is 2. The SMILES string of the molecule is O=C(C1=NO[C@@H](c2ccccc2)C1)N1CCC(Nc2ccccc2)CC1. The predicted molar refractivity (Wildman–Crippen MR) is 102 cm³/mol. The molecule has 0 radical (unpaired) electrons. The van der Waals surface area contributed by atoms with Crippen molar-refractivity contribution >= 4 is 17.3 Å². The smallest absolute Gasteiger partial charge is 0.271 e. The van der Waals surface area contributed by atoms with Gasteiger partial charge in [-0.05, 0) is 30.5 Å². The molecule has 1 fully saturated rings. The number of rotatable bonds is 4. The van der Waals surface area contributed by atoms with Crippen molar-refractivity contribution in [2.24, 2.45) is 5.16 Å². The highest BCUT2D eigenvalue weighted by atomic mass is 16.6. The summed E-state index contributed by atoms with van der Waals surface area (Å²) in [5, 5.41) is 7.61. The van der Waals surface area contributed by atoms with Gasteiger partial charge >= 0.3 is 0 Å². The first-order valence-electron chi connectivity index (χ1n) is 9.18. The second-order valence-corrected chi connectivity index (χ2v) is 6.82. The Hall–Kier alpha value is -2.82. The van der Waals surface area contributed by atoms with Crippen LogP contribution in [0.4, 0.5) is 5.69 Å². The quantitative estimate of drug-likeness (QED) is 0.917. The summed E-state index contributed by atoms with van der Waals surface area (Å²) in [4.78, 5) is 20.1. The molecule has 0 aromatic heterocycles. The molecule has 2 aromatic carbocycles. The maximum atomic E-state index is 12.7. The molecule has 5 nitrogen and oxygen atoms in total. The summed E-state index contributed by atoms with van der Waals surface area (Å²) in [6.07, 6.45) is 2.28. The number of piperidine rings is 1. The Balaban J connectivity index is 1.29. The molecule has 0 saturated carbocycles. The Morgan fingerprint density at radius 1 is 1.00 bits per heavy atom. The van der Waals surface area contributed by atoms with Crippen molar-refractivity contribution in [3.05, 3.63) is 66.2 Å². The summed E-state index contributed by atoms with van der Waals surface area (Å²) in [6, 6.07) is 20.6. The third-order valence-corrected chi connectivity index (χ3v) is 5.01. The molecule has 2 aromatic rings. The van der Waals surface area contributed by atoms with Gasteiger partial charge in [0.15, 0.2) is 6.10 Å². The minimum atomic E-state index is -0.146. The summed E-state index contributed by atoms with van der Waals surface area (Å²) in [5.74, 6) is 0.0154. The van der Waals surface area contributed by atoms with Crippen LogP contribution in [0, 0.1) is 0 Å². The fourth-order valence-electron chi connectivity index (χ4n) is 3.53. The molecule has 0 unspecified atom stereocenters. The van der Waals surface area contributed by atoms with E-state index in [1.54, 1.807) is 0 Å². The number of carbonyl (C=O) groups is 1. The second kappa shape index (κ2) is 7.60. The van der Waals surface area contributed by atoms with E-state index in [-0.39, 0.29) is 12.0 Å². The third-order valence-electron chi connectivity index (χ3n) is 5.01. The minimum absolute atomic E-state index is 0.0154. The lowest BCUT2D eigenvalue weighted by Gasteiger charge is -2.32. The zero-order valence-corrected chi connectivity index (χ0v) is 14.7. The summed E-state index contributed by atoms with van der Waals surface area (Å²) < 4.78 is 0. The van der Waals surface area contributed by atoms with Crippen LogP contribution in [0.1, 0.15) is 30.9 Å². The number of anilines is 1. The van der Waals surface area contributed by atoms with Crippen molar-refractivity contribution in [1.29, 1.82) is 0 Å². The van der Waals surface area contributed by atoms with Gasteiger partial charge in [-0.2, -0.15) is 0 Å². The number of para-hydroxylation sites is 1. The van der Waals surface area contributed by atoms with E-state index in [9.17, 15) is 4.79 Å². The van der Waals surface area contributed by atoms with Gasteiger partial charge in [-0.15, -0.1) is 0 Å². The van der Waals surface area contributed by atoms with Crippen LogP contribution in [0.25, 0.3) is 0 Å². The van der Waals surface area contributed by atoms with Crippen LogP contribution >= 0.6 is 0 Å². The van der Waals surface area contributed by atoms with Crippen LogP contribution in [-0.2, 0) is 9.63 Å². The first-order valence-corrected chi connectivity index (χ1v) is 9.18. The average molecular weight is 349 g/mol. The third kappa shape index (κ3) is 3.72. The van der Waals surface area contributed by atoms with Gasteiger partial charge in [-0.3, -0.25) is 4.79 Å². The lowest BCUT2D eigenvalue weighted by Crippen LogP contribution is -2.44. The number of likely N-dealkylation sites (tertiary alicyclic amines) is 1. The molecule has 1 saturated heterocycles. The number of carbonyl (C=O) groups excluding carboxylic acids is 1. The van der Waals surface area contributed by atoms with Crippen molar-refractivity contribution < 1.29 is 9.63 Å². The van der Waals surface area contributed by atoms with Gasteiger partial charge in [-0.1, -0.05) is 53.7 Å². The summed E-state index contributed by atoms with van der Waals surface area (Å²) in [7, 11) is 0. The number of nitrogens with one attached hydrogen (secondary N) is 1. The van der Waals surface area contributed by atoms with Gasteiger partial charge in [-0.25, -0.2) is 0 Å². The summed E-state index contributed by atoms with van der Waals surface area (Å²) >= 11 is 0. The van der Waals surface area contributed by atoms with Gasteiger partial charge in [0.2, 0.25) is 0 Å². The molecule has 4 rings (SSSR count). The second-order valence-electron chi connectivity index (χ2n) is 6.82. The van der Waals surface area contributed by atoms with Gasteiger partial charge < -0.3 is 15.1 Å². The van der Waals surface area contributed by atoms with E-state index < -0.39 is 0 Å². The van der Waals surface area contributed by atoms with E-state index in [2.05, 4.69) is 22.6 Å². The fourth-order valence-corrected chi connectivity index (χ4v) is 3.53. The number of amides is 1. The molecule has 2 heterocycles. The Labute approximate surface area is 153 Å². The van der Waals surface area contributed by atoms with E-state index in [4.69, 9.17) is 4.84 Å². The van der Waals surface area contributed by atoms with E-state index in [0.29, 0.717) is 18.2 Å². The highest BCUT2D eigenvalue weighted by Gasteiger charge is 2.32. The monoisotopic (exact) mass is 349 g/mol. The predicted octanol–water partition coefficient (Wildman–Crippen LogP) is 3.61. The van der Waals surface area contributed by atoms with Crippen LogP contribution in [0.15, 0.2) is 65.8 Å². The van der Waals surface area contributed by atoms with Crippen molar-refractivity contribution in [2.75, 3.05) is 18.4 Å². The maximum absolute atomic E-state index is 12.7. The van der Waals surface area contributed by atoms with E-state index in [1.807, 2.05) is 53.4 Å². The lowest BCUT2D eigenvalue weighted by molar-refractivity contribution is -0.125. The molecule has 2 aliphatic rings. The minimum Gasteiger partial charge on any atom is -0.387 e. The normalized spacial score (nSPS) is 20.4. The average Bonchev–Trinajstić information content (AvgIpc) is 3.20. The topological polar surface area (TPSA) is 53.9 Å². The molecule has 0 spiro atoms. The van der Waals surface area contributed by atoms with Crippen molar-refractivity contribution in [2.45, 2.75) is 31.4 Å². The van der Waals surface area contributed by atoms with E-state index >= 15 is 0 Å². The van der Waals surface area contributed by atoms with Crippen LogP contribution in [0.3, 0.4) is 0 Å². The van der Waals surface area contributed by atoms with Gasteiger partial charge in [0.1, 0.15) is 5.71 Å². The van der Waals surface area contributed by atoms with Crippen LogP contribution in [0.2, 0.25) is 0 Å². The zero-order chi connectivity index (χ0) is 17.8. The Morgan fingerprint density at radius 3 is 2.35 bits per heavy atom.